The Morgan fingerprint density at radius 1 is 0.317 bits per heavy atom. The summed E-state index contributed by atoms with van der Waals surface area (Å²) in [5.74, 6) is 1.85. The first-order chi connectivity index (χ1) is 20.3. The van der Waals surface area contributed by atoms with Gasteiger partial charge < -0.3 is 4.74 Å². The SMILES string of the molecule is c1ccc2c(c1)Oc1cc3ccc(-c4ccc5cc(-c6ccc7ccccc7c6)ccc5c4)cc3c3cccc-2c13. The second kappa shape index (κ2) is 8.55. The molecule has 1 nitrogen and oxygen atoms in total. The van der Waals surface area contributed by atoms with E-state index in [1.54, 1.807) is 0 Å². The normalized spacial score (nSPS) is 12.1. The Balaban J connectivity index is 1.15. The monoisotopic (exact) mass is 520 g/mol. The Bertz CT molecular complexity index is 2340. The molecule has 0 spiro atoms. The van der Waals surface area contributed by atoms with Crippen molar-refractivity contribution in [2.75, 3.05) is 0 Å². The molecule has 0 unspecified atom stereocenters. The van der Waals surface area contributed by atoms with Crippen molar-refractivity contribution >= 4 is 43.1 Å². The van der Waals surface area contributed by atoms with Gasteiger partial charge in [-0.05, 0) is 102 Å². The highest BCUT2D eigenvalue weighted by Gasteiger charge is 2.21. The number of rotatable bonds is 2. The second-order valence-electron chi connectivity index (χ2n) is 11.0. The Labute approximate surface area is 237 Å². The highest BCUT2D eigenvalue weighted by Crippen LogP contribution is 2.48. The summed E-state index contributed by atoms with van der Waals surface area (Å²) in [5, 5.41) is 9.89. The standard InChI is InChI=1S/C40H24O/c1-2-7-26-20-27(13-12-25(26)6-1)28-14-15-30-22-31(17-16-29(30)21-28)32-18-19-33-24-39-40-35(9-5-10-36(40)37(33)23-32)34-8-3-4-11-38(34)41-39/h1-24H. The Morgan fingerprint density at radius 2 is 0.878 bits per heavy atom. The van der Waals surface area contributed by atoms with Crippen LogP contribution in [0.5, 0.6) is 11.5 Å². The maximum absolute atomic E-state index is 6.38. The second-order valence-corrected chi connectivity index (χ2v) is 11.0. The summed E-state index contributed by atoms with van der Waals surface area (Å²) in [7, 11) is 0. The number of ether oxygens (including phenoxy) is 1. The van der Waals surface area contributed by atoms with Gasteiger partial charge in [0.05, 0.1) is 0 Å². The van der Waals surface area contributed by atoms with E-state index in [4.69, 9.17) is 4.74 Å². The summed E-state index contributed by atoms with van der Waals surface area (Å²) >= 11 is 0. The van der Waals surface area contributed by atoms with Crippen LogP contribution >= 0.6 is 0 Å². The molecule has 0 amide bonds. The Morgan fingerprint density at radius 3 is 1.63 bits per heavy atom. The van der Waals surface area contributed by atoms with Gasteiger partial charge in [0, 0.05) is 10.9 Å². The van der Waals surface area contributed by atoms with Gasteiger partial charge in [-0.1, -0.05) is 109 Å². The van der Waals surface area contributed by atoms with Gasteiger partial charge in [0.1, 0.15) is 11.5 Å². The van der Waals surface area contributed by atoms with Gasteiger partial charge in [-0.2, -0.15) is 0 Å². The van der Waals surface area contributed by atoms with Crippen LogP contribution in [0.1, 0.15) is 0 Å². The number of hydrogen-bond donors (Lipinski definition) is 0. The molecule has 8 aromatic carbocycles. The van der Waals surface area contributed by atoms with Crippen LogP contribution in [0, 0.1) is 0 Å². The van der Waals surface area contributed by atoms with E-state index in [-0.39, 0.29) is 0 Å². The molecule has 1 heterocycles. The lowest BCUT2D eigenvalue weighted by atomic mass is 9.90. The van der Waals surface area contributed by atoms with Gasteiger partial charge in [0.15, 0.2) is 0 Å². The van der Waals surface area contributed by atoms with Crippen LogP contribution in [-0.4, -0.2) is 0 Å². The van der Waals surface area contributed by atoms with Gasteiger partial charge in [-0.15, -0.1) is 0 Å². The average molecular weight is 521 g/mol. The van der Waals surface area contributed by atoms with Crippen molar-refractivity contribution in [1.82, 2.24) is 0 Å². The van der Waals surface area contributed by atoms with Gasteiger partial charge in [0.25, 0.3) is 0 Å². The van der Waals surface area contributed by atoms with E-state index in [0.29, 0.717) is 0 Å². The fourth-order valence-electron chi connectivity index (χ4n) is 6.53. The molecule has 0 bridgehead atoms. The van der Waals surface area contributed by atoms with E-state index in [1.807, 2.05) is 6.07 Å². The molecule has 0 aliphatic carbocycles. The molecule has 8 aromatic rings. The smallest absolute Gasteiger partial charge is 0.136 e. The molecule has 9 rings (SSSR count). The fourth-order valence-corrected chi connectivity index (χ4v) is 6.53. The lowest BCUT2D eigenvalue weighted by Gasteiger charge is -2.22. The summed E-state index contributed by atoms with van der Waals surface area (Å²) in [6, 6.07) is 52.7. The topological polar surface area (TPSA) is 9.23 Å². The molecule has 190 valence electrons. The van der Waals surface area contributed by atoms with E-state index < -0.39 is 0 Å². The maximum Gasteiger partial charge on any atom is 0.136 e. The minimum atomic E-state index is 0.920. The molecule has 41 heavy (non-hydrogen) atoms. The molecule has 0 aromatic heterocycles. The summed E-state index contributed by atoms with van der Waals surface area (Å²) in [6.45, 7) is 0. The van der Waals surface area contributed by atoms with Crippen molar-refractivity contribution in [2.24, 2.45) is 0 Å². The lowest BCUT2D eigenvalue weighted by Crippen LogP contribution is -1.97. The molecule has 0 N–H and O–H groups in total. The molecule has 0 atom stereocenters. The largest absolute Gasteiger partial charge is 0.456 e. The first-order valence-corrected chi connectivity index (χ1v) is 14.1. The van der Waals surface area contributed by atoms with Crippen molar-refractivity contribution in [3.63, 3.8) is 0 Å². The first-order valence-electron chi connectivity index (χ1n) is 14.1. The van der Waals surface area contributed by atoms with Crippen LogP contribution in [0.2, 0.25) is 0 Å². The lowest BCUT2D eigenvalue weighted by molar-refractivity contribution is 0.487. The molecule has 1 aliphatic heterocycles. The van der Waals surface area contributed by atoms with Gasteiger partial charge in [-0.25, -0.2) is 0 Å². The zero-order valence-electron chi connectivity index (χ0n) is 22.3. The van der Waals surface area contributed by atoms with Gasteiger partial charge in [0.2, 0.25) is 0 Å². The molecule has 0 radical (unpaired) electrons. The molecule has 0 saturated carbocycles. The predicted octanol–water partition coefficient (Wildman–Crippen LogP) is 11.4. The summed E-state index contributed by atoms with van der Waals surface area (Å²) in [6.07, 6.45) is 0. The first kappa shape index (κ1) is 22.4. The van der Waals surface area contributed by atoms with Crippen molar-refractivity contribution in [3.05, 3.63) is 146 Å². The van der Waals surface area contributed by atoms with Crippen molar-refractivity contribution in [1.29, 1.82) is 0 Å². The third-order valence-corrected chi connectivity index (χ3v) is 8.59. The van der Waals surface area contributed by atoms with Gasteiger partial charge in [-0.3, -0.25) is 0 Å². The highest BCUT2D eigenvalue weighted by molar-refractivity contribution is 6.17. The number of benzene rings is 8. The van der Waals surface area contributed by atoms with Crippen LogP contribution in [0.4, 0.5) is 0 Å². The Hall–Kier alpha value is -5.40. The van der Waals surface area contributed by atoms with E-state index >= 15 is 0 Å². The minimum Gasteiger partial charge on any atom is -0.456 e. The molecule has 1 aliphatic rings. The molecule has 0 fully saturated rings. The third kappa shape index (κ3) is 3.49. The molecular weight excluding hydrogens is 496 g/mol. The van der Waals surface area contributed by atoms with Crippen LogP contribution in [0.3, 0.4) is 0 Å². The average Bonchev–Trinajstić information content (AvgIpc) is 3.04. The highest BCUT2D eigenvalue weighted by atomic mass is 16.5. The molecule has 1 heteroatoms. The van der Waals surface area contributed by atoms with Crippen LogP contribution < -0.4 is 4.74 Å². The number of hydrogen-bond acceptors (Lipinski definition) is 1. The van der Waals surface area contributed by atoms with Gasteiger partial charge >= 0.3 is 0 Å². The summed E-state index contributed by atoms with van der Waals surface area (Å²) in [5.41, 5.74) is 7.31. The van der Waals surface area contributed by atoms with Crippen molar-refractivity contribution in [3.8, 4) is 44.9 Å². The van der Waals surface area contributed by atoms with E-state index in [2.05, 4.69) is 140 Å². The number of para-hydroxylation sites is 1. The van der Waals surface area contributed by atoms with Crippen molar-refractivity contribution in [2.45, 2.75) is 0 Å². The minimum absolute atomic E-state index is 0.920. The third-order valence-electron chi connectivity index (χ3n) is 8.59. The van der Waals surface area contributed by atoms with Crippen LogP contribution in [0.15, 0.2) is 146 Å². The van der Waals surface area contributed by atoms with E-state index in [0.717, 1.165) is 17.1 Å². The maximum atomic E-state index is 6.38. The number of fused-ring (bicyclic) bond motifs is 6. The van der Waals surface area contributed by atoms with E-state index in [9.17, 15) is 0 Å². The Kier molecular flexibility index (Phi) is 4.67. The van der Waals surface area contributed by atoms with Crippen LogP contribution in [0.25, 0.3) is 76.5 Å². The van der Waals surface area contributed by atoms with E-state index in [1.165, 1.54) is 70.9 Å². The zero-order valence-corrected chi connectivity index (χ0v) is 22.3. The fraction of sp³-hybridized carbons (Fsp3) is 0. The predicted molar refractivity (Wildman–Crippen MR) is 173 cm³/mol. The summed E-state index contributed by atoms with van der Waals surface area (Å²) in [4.78, 5) is 0. The summed E-state index contributed by atoms with van der Waals surface area (Å²) < 4.78 is 6.38. The zero-order chi connectivity index (χ0) is 26.9. The van der Waals surface area contributed by atoms with Crippen LogP contribution in [-0.2, 0) is 0 Å². The quantitative estimate of drug-likeness (QED) is 0.206. The molecular formula is C40H24O. The van der Waals surface area contributed by atoms with Crippen molar-refractivity contribution < 1.29 is 4.74 Å². The molecule has 0 saturated heterocycles.